The molecule has 0 saturated heterocycles. The van der Waals surface area contributed by atoms with Crippen LogP contribution in [0.5, 0.6) is 5.75 Å². The molecule has 0 bridgehead atoms. The molecule has 0 amide bonds. The maximum Gasteiger partial charge on any atom is 0.328 e. The van der Waals surface area contributed by atoms with E-state index in [4.69, 9.17) is 22.7 Å². The van der Waals surface area contributed by atoms with Crippen LogP contribution in [0.15, 0.2) is 41.5 Å². The molecule has 2 aromatic rings. The van der Waals surface area contributed by atoms with Crippen LogP contribution in [0.25, 0.3) is 0 Å². The first-order valence-corrected chi connectivity index (χ1v) is 7.20. The average Bonchev–Trinajstić information content (AvgIpc) is 2.81. The number of ether oxygens (including phenoxy) is 1. The minimum atomic E-state index is -0.0227. The smallest absolute Gasteiger partial charge is 0.328 e. The maximum absolute atomic E-state index is 12.0. The molecule has 0 aliphatic heterocycles. The number of hydrogen-bond acceptors (Lipinski definition) is 3. The number of aromatic nitrogens is 2. The highest BCUT2D eigenvalue weighted by atomic mass is 32.1. The highest BCUT2D eigenvalue weighted by Gasteiger charge is 2.06. The van der Waals surface area contributed by atoms with E-state index in [0.29, 0.717) is 23.9 Å². The van der Waals surface area contributed by atoms with Crippen LogP contribution in [0.3, 0.4) is 0 Å². The molecule has 0 atom stereocenters. The fraction of sp³-hybridized carbons (Fsp3) is 0.333. The Labute approximate surface area is 129 Å². The van der Waals surface area contributed by atoms with Crippen LogP contribution < -0.4 is 16.2 Å². The fourth-order valence-electron chi connectivity index (χ4n) is 1.99. The monoisotopic (exact) mass is 305 g/mol. The normalized spacial score (nSPS) is 10.8. The number of hydrogen-bond donors (Lipinski definition) is 1. The lowest BCUT2D eigenvalue weighted by Gasteiger charge is -2.08. The second-order valence-corrected chi connectivity index (χ2v) is 5.46. The van der Waals surface area contributed by atoms with Gasteiger partial charge in [-0.3, -0.25) is 9.13 Å². The van der Waals surface area contributed by atoms with E-state index in [1.165, 1.54) is 0 Å². The molecule has 0 radical (unpaired) electrons. The van der Waals surface area contributed by atoms with Crippen LogP contribution in [-0.4, -0.2) is 20.7 Å². The van der Waals surface area contributed by atoms with Crippen molar-refractivity contribution in [2.24, 2.45) is 5.73 Å². The summed E-state index contributed by atoms with van der Waals surface area (Å²) in [4.78, 5) is 12.4. The maximum atomic E-state index is 12.0. The largest absolute Gasteiger partial charge is 0.492 e. The molecule has 5 nitrogen and oxygen atoms in total. The van der Waals surface area contributed by atoms with Crippen molar-refractivity contribution in [3.63, 3.8) is 0 Å². The zero-order chi connectivity index (χ0) is 15.4. The third kappa shape index (κ3) is 3.72. The molecular weight excluding hydrogens is 286 g/mol. The van der Waals surface area contributed by atoms with Gasteiger partial charge in [-0.15, -0.1) is 0 Å². The van der Waals surface area contributed by atoms with Crippen molar-refractivity contribution in [1.82, 2.24) is 9.13 Å². The molecule has 0 fully saturated rings. The Morgan fingerprint density at radius 2 is 2.14 bits per heavy atom. The minimum absolute atomic E-state index is 0.0227. The van der Waals surface area contributed by atoms with E-state index in [-0.39, 0.29) is 11.7 Å². The Morgan fingerprint density at radius 1 is 1.38 bits per heavy atom. The molecule has 0 spiro atoms. The van der Waals surface area contributed by atoms with Gasteiger partial charge in [-0.05, 0) is 26.0 Å². The van der Waals surface area contributed by atoms with Crippen molar-refractivity contribution < 1.29 is 4.74 Å². The Morgan fingerprint density at radius 3 is 2.76 bits per heavy atom. The molecule has 2 N–H and O–H groups in total. The van der Waals surface area contributed by atoms with E-state index >= 15 is 0 Å². The minimum Gasteiger partial charge on any atom is -0.492 e. The van der Waals surface area contributed by atoms with Gasteiger partial charge in [0.15, 0.2) is 0 Å². The number of benzene rings is 1. The van der Waals surface area contributed by atoms with Crippen molar-refractivity contribution in [1.29, 1.82) is 0 Å². The predicted molar refractivity (Wildman–Crippen MR) is 86.9 cm³/mol. The summed E-state index contributed by atoms with van der Waals surface area (Å²) < 4.78 is 8.97. The first-order valence-electron chi connectivity index (χ1n) is 6.79. The summed E-state index contributed by atoms with van der Waals surface area (Å²) in [5.41, 5.74) is 6.33. The molecule has 6 heteroatoms. The van der Waals surface area contributed by atoms with Gasteiger partial charge in [-0.2, -0.15) is 0 Å². The molecule has 112 valence electrons. The van der Waals surface area contributed by atoms with E-state index < -0.39 is 0 Å². The van der Waals surface area contributed by atoms with Crippen molar-refractivity contribution >= 4 is 17.2 Å². The van der Waals surface area contributed by atoms with Gasteiger partial charge in [0.05, 0.1) is 6.54 Å². The SMILES string of the molecule is CC(C)n1ccn(CCOc2cccc(C(N)=S)c2)c1=O. The van der Waals surface area contributed by atoms with E-state index in [9.17, 15) is 4.79 Å². The van der Waals surface area contributed by atoms with Crippen molar-refractivity contribution in [3.05, 3.63) is 52.7 Å². The standard InChI is InChI=1S/C15H19N3O2S/c1-11(2)18-7-6-17(15(18)19)8-9-20-13-5-3-4-12(10-13)14(16)21/h3-7,10-11H,8-9H2,1-2H3,(H2,16,21). The van der Waals surface area contributed by atoms with Crippen molar-refractivity contribution in [3.8, 4) is 5.75 Å². The number of nitrogens with zero attached hydrogens (tertiary/aromatic N) is 2. The zero-order valence-corrected chi connectivity index (χ0v) is 13.0. The van der Waals surface area contributed by atoms with E-state index in [1.54, 1.807) is 27.6 Å². The number of nitrogens with two attached hydrogens (primary N) is 1. The summed E-state index contributed by atoms with van der Waals surface area (Å²) >= 11 is 4.93. The van der Waals surface area contributed by atoms with Crippen LogP contribution >= 0.6 is 12.2 Å². The summed E-state index contributed by atoms with van der Waals surface area (Å²) in [6, 6.07) is 7.46. The summed E-state index contributed by atoms with van der Waals surface area (Å²) in [7, 11) is 0. The Balaban J connectivity index is 1.97. The number of imidazole rings is 1. The van der Waals surface area contributed by atoms with Gasteiger partial charge in [0.2, 0.25) is 0 Å². The van der Waals surface area contributed by atoms with Crippen LogP contribution in [0.1, 0.15) is 25.5 Å². The highest BCUT2D eigenvalue weighted by Crippen LogP contribution is 2.13. The average molecular weight is 305 g/mol. The number of rotatable bonds is 6. The van der Waals surface area contributed by atoms with E-state index in [1.807, 2.05) is 32.0 Å². The van der Waals surface area contributed by atoms with Gasteiger partial charge in [0, 0.05) is 24.0 Å². The molecule has 1 heterocycles. The van der Waals surface area contributed by atoms with Gasteiger partial charge in [-0.25, -0.2) is 4.79 Å². The summed E-state index contributed by atoms with van der Waals surface area (Å²) in [5, 5.41) is 0. The molecule has 1 aromatic carbocycles. The second-order valence-electron chi connectivity index (χ2n) is 5.02. The molecule has 0 saturated carbocycles. The topological polar surface area (TPSA) is 62.2 Å². The van der Waals surface area contributed by atoms with Gasteiger partial charge in [-0.1, -0.05) is 24.4 Å². The third-order valence-electron chi connectivity index (χ3n) is 3.15. The van der Waals surface area contributed by atoms with Gasteiger partial charge >= 0.3 is 5.69 Å². The molecule has 21 heavy (non-hydrogen) atoms. The highest BCUT2D eigenvalue weighted by molar-refractivity contribution is 7.80. The summed E-state index contributed by atoms with van der Waals surface area (Å²) in [6.07, 6.45) is 3.57. The van der Waals surface area contributed by atoms with E-state index in [0.717, 1.165) is 5.56 Å². The lowest BCUT2D eigenvalue weighted by molar-refractivity contribution is 0.295. The lowest BCUT2D eigenvalue weighted by atomic mass is 10.2. The Hall–Kier alpha value is -2.08. The number of thiocarbonyl (C=S) groups is 1. The predicted octanol–water partition coefficient (Wildman–Crippen LogP) is 1.94. The van der Waals surface area contributed by atoms with Crippen LogP contribution in [-0.2, 0) is 6.54 Å². The molecule has 0 unspecified atom stereocenters. The van der Waals surface area contributed by atoms with Crippen LogP contribution in [0.4, 0.5) is 0 Å². The summed E-state index contributed by atoms with van der Waals surface area (Å²) in [5.74, 6) is 0.691. The van der Waals surface area contributed by atoms with Gasteiger partial charge < -0.3 is 10.5 Å². The van der Waals surface area contributed by atoms with Crippen molar-refractivity contribution in [2.45, 2.75) is 26.4 Å². The van der Waals surface area contributed by atoms with E-state index in [2.05, 4.69) is 0 Å². The molecule has 1 aromatic heterocycles. The molecule has 2 rings (SSSR count). The first kappa shape index (κ1) is 15.3. The fourth-order valence-corrected chi connectivity index (χ4v) is 2.12. The van der Waals surface area contributed by atoms with Crippen LogP contribution in [0, 0.1) is 0 Å². The molecule has 0 aliphatic carbocycles. The Kier molecular flexibility index (Phi) is 4.80. The lowest BCUT2D eigenvalue weighted by Crippen LogP contribution is -2.26. The van der Waals surface area contributed by atoms with Gasteiger partial charge in [0.1, 0.15) is 17.3 Å². The molecule has 0 aliphatic rings. The Bertz CT molecular complexity index is 688. The van der Waals surface area contributed by atoms with Crippen molar-refractivity contribution in [2.75, 3.05) is 6.61 Å². The quantitative estimate of drug-likeness (QED) is 0.829. The zero-order valence-electron chi connectivity index (χ0n) is 12.2. The van der Waals surface area contributed by atoms with Crippen LogP contribution in [0.2, 0.25) is 0 Å². The first-order chi connectivity index (χ1) is 9.99. The third-order valence-corrected chi connectivity index (χ3v) is 3.39. The second kappa shape index (κ2) is 6.58. The molecular formula is C15H19N3O2S. The van der Waals surface area contributed by atoms with Gasteiger partial charge in [0.25, 0.3) is 0 Å². The summed E-state index contributed by atoms with van der Waals surface area (Å²) in [6.45, 7) is 4.85.